The van der Waals surface area contributed by atoms with Crippen molar-refractivity contribution in [2.45, 2.75) is 65.1 Å². The zero-order valence-electron chi connectivity index (χ0n) is 13.2. The van der Waals surface area contributed by atoms with Crippen molar-refractivity contribution in [2.75, 3.05) is 19.8 Å². The minimum Gasteiger partial charge on any atom is -0.415 e. The Balaban J connectivity index is 5.02. The lowest BCUT2D eigenvalue weighted by Gasteiger charge is -2.44. The van der Waals surface area contributed by atoms with Crippen LogP contribution >= 0.6 is 0 Å². The van der Waals surface area contributed by atoms with E-state index in [1.807, 2.05) is 6.92 Å². The predicted octanol–water partition coefficient (Wildman–Crippen LogP) is 3.17. The minimum absolute atomic E-state index is 0.0394. The standard InChI is InChI=1S/C14H32O3Si/c1-11(2)18(12(3)4,13(5)6)17-10-14(7,8-15)9-16/h11-13,15-16H,8-10H2,1-7H3. The first-order valence-electron chi connectivity index (χ1n) is 7.02. The molecule has 0 aliphatic heterocycles. The maximum absolute atomic E-state index is 9.37. The van der Waals surface area contributed by atoms with Crippen LogP contribution in [0.25, 0.3) is 0 Å². The second-order valence-electron chi connectivity index (χ2n) is 6.73. The van der Waals surface area contributed by atoms with E-state index in [0.29, 0.717) is 23.2 Å². The van der Waals surface area contributed by atoms with Gasteiger partial charge in [-0.1, -0.05) is 48.5 Å². The van der Waals surface area contributed by atoms with Gasteiger partial charge in [0.15, 0.2) is 8.32 Å². The van der Waals surface area contributed by atoms with Crippen LogP contribution in [0.1, 0.15) is 48.5 Å². The first-order chi connectivity index (χ1) is 8.16. The third-order valence-corrected chi connectivity index (χ3v) is 10.2. The average molecular weight is 276 g/mol. The molecule has 0 aromatic carbocycles. The van der Waals surface area contributed by atoms with Gasteiger partial charge in [-0.3, -0.25) is 0 Å². The zero-order valence-corrected chi connectivity index (χ0v) is 14.2. The average Bonchev–Trinajstić information content (AvgIpc) is 2.28. The van der Waals surface area contributed by atoms with Gasteiger partial charge in [0, 0.05) is 12.0 Å². The molecule has 0 spiro atoms. The van der Waals surface area contributed by atoms with Crippen LogP contribution in [0.5, 0.6) is 0 Å². The minimum atomic E-state index is -1.89. The molecule has 0 atom stereocenters. The fourth-order valence-electron chi connectivity index (χ4n) is 2.94. The molecule has 0 amide bonds. The normalized spacial score (nSPS) is 14.0. The molecule has 18 heavy (non-hydrogen) atoms. The molecule has 3 nitrogen and oxygen atoms in total. The van der Waals surface area contributed by atoms with Gasteiger partial charge in [-0.05, 0) is 16.6 Å². The molecule has 0 saturated carbocycles. The molecule has 4 heteroatoms. The molecule has 0 rings (SSSR count). The van der Waals surface area contributed by atoms with Gasteiger partial charge >= 0.3 is 0 Å². The van der Waals surface area contributed by atoms with Crippen molar-refractivity contribution in [3.8, 4) is 0 Å². The highest BCUT2D eigenvalue weighted by atomic mass is 28.4. The van der Waals surface area contributed by atoms with Crippen LogP contribution in [0.4, 0.5) is 0 Å². The van der Waals surface area contributed by atoms with E-state index in [2.05, 4.69) is 41.5 Å². The van der Waals surface area contributed by atoms with Crippen molar-refractivity contribution in [1.29, 1.82) is 0 Å². The SMILES string of the molecule is CC(C)[Si](OCC(C)(CO)CO)(C(C)C)C(C)C. The lowest BCUT2D eigenvalue weighted by Crippen LogP contribution is -2.50. The quantitative estimate of drug-likeness (QED) is 0.670. The van der Waals surface area contributed by atoms with E-state index >= 15 is 0 Å². The third-order valence-electron chi connectivity index (χ3n) is 4.14. The van der Waals surface area contributed by atoms with E-state index in [9.17, 15) is 10.2 Å². The first kappa shape index (κ1) is 18.1. The second-order valence-corrected chi connectivity index (χ2v) is 12.2. The molecule has 110 valence electrons. The summed E-state index contributed by atoms with van der Waals surface area (Å²) < 4.78 is 6.38. The summed E-state index contributed by atoms with van der Waals surface area (Å²) in [5.74, 6) is 0. The Kier molecular flexibility index (Phi) is 7.07. The van der Waals surface area contributed by atoms with Crippen LogP contribution in [0, 0.1) is 5.41 Å². The number of hydrogen-bond acceptors (Lipinski definition) is 3. The Bertz CT molecular complexity index is 213. The fourth-order valence-corrected chi connectivity index (χ4v) is 8.54. The molecule has 2 N–H and O–H groups in total. The maximum atomic E-state index is 9.37. The highest BCUT2D eigenvalue weighted by Gasteiger charge is 2.46. The Morgan fingerprint density at radius 3 is 1.44 bits per heavy atom. The maximum Gasteiger partial charge on any atom is 0.200 e. The third kappa shape index (κ3) is 3.79. The van der Waals surface area contributed by atoms with Crippen LogP contribution in [-0.4, -0.2) is 38.4 Å². The van der Waals surface area contributed by atoms with Crippen molar-refractivity contribution in [1.82, 2.24) is 0 Å². The van der Waals surface area contributed by atoms with Gasteiger partial charge in [0.1, 0.15) is 0 Å². The van der Waals surface area contributed by atoms with Crippen LogP contribution < -0.4 is 0 Å². The summed E-state index contributed by atoms with van der Waals surface area (Å²) in [5, 5.41) is 18.7. The van der Waals surface area contributed by atoms with E-state index in [-0.39, 0.29) is 13.2 Å². The van der Waals surface area contributed by atoms with Crippen molar-refractivity contribution >= 4 is 8.32 Å². The Hall–Kier alpha value is 0.0969. The van der Waals surface area contributed by atoms with E-state index in [4.69, 9.17) is 4.43 Å². The van der Waals surface area contributed by atoms with E-state index in [1.165, 1.54) is 0 Å². The lowest BCUT2D eigenvalue weighted by atomic mass is 9.95. The van der Waals surface area contributed by atoms with E-state index < -0.39 is 13.7 Å². The second kappa shape index (κ2) is 7.03. The van der Waals surface area contributed by atoms with Crippen LogP contribution in [0.2, 0.25) is 16.6 Å². The summed E-state index contributed by atoms with van der Waals surface area (Å²) in [6.45, 7) is 15.7. The van der Waals surface area contributed by atoms with Crippen molar-refractivity contribution < 1.29 is 14.6 Å². The van der Waals surface area contributed by atoms with Gasteiger partial charge in [-0.2, -0.15) is 0 Å². The molecule has 0 aromatic rings. The van der Waals surface area contributed by atoms with Crippen molar-refractivity contribution in [3.63, 3.8) is 0 Å². The number of rotatable bonds is 8. The van der Waals surface area contributed by atoms with Crippen LogP contribution in [0.3, 0.4) is 0 Å². The highest BCUT2D eigenvalue weighted by molar-refractivity contribution is 6.77. The first-order valence-corrected chi connectivity index (χ1v) is 9.16. The van der Waals surface area contributed by atoms with Gasteiger partial charge in [-0.15, -0.1) is 0 Å². The van der Waals surface area contributed by atoms with Gasteiger partial charge < -0.3 is 14.6 Å². The Labute approximate surface area is 114 Å². The molecular formula is C14H32O3Si. The predicted molar refractivity (Wildman–Crippen MR) is 79.3 cm³/mol. The van der Waals surface area contributed by atoms with Gasteiger partial charge in [-0.25, -0.2) is 0 Å². The fraction of sp³-hybridized carbons (Fsp3) is 1.00. The van der Waals surface area contributed by atoms with E-state index in [0.717, 1.165) is 0 Å². The Morgan fingerprint density at radius 2 is 1.22 bits per heavy atom. The smallest absolute Gasteiger partial charge is 0.200 e. The molecule has 0 bridgehead atoms. The summed E-state index contributed by atoms with van der Waals surface area (Å²) in [4.78, 5) is 0. The van der Waals surface area contributed by atoms with Crippen LogP contribution in [0.15, 0.2) is 0 Å². The monoisotopic (exact) mass is 276 g/mol. The Morgan fingerprint density at radius 1 is 0.889 bits per heavy atom. The number of aliphatic hydroxyl groups is 2. The number of hydrogen-bond donors (Lipinski definition) is 2. The summed E-state index contributed by atoms with van der Waals surface area (Å²) in [6.07, 6.45) is 0. The molecule has 0 heterocycles. The molecule has 0 aromatic heterocycles. The molecular weight excluding hydrogens is 244 g/mol. The van der Waals surface area contributed by atoms with Crippen molar-refractivity contribution in [2.24, 2.45) is 5.41 Å². The topological polar surface area (TPSA) is 49.7 Å². The van der Waals surface area contributed by atoms with Gasteiger partial charge in [0.2, 0.25) is 0 Å². The molecule has 0 aliphatic rings. The molecule has 0 fully saturated rings. The van der Waals surface area contributed by atoms with Gasteiger partial charge in [0.05, 0.1) is 13.2 Å². The van der Waals surface area contributed by atoms with Crippen molar-refractivity contribution in [3.05, 3.63) is 0 Å². The number of aliphatic hydroxyl groups excluding tert-OH is 2. The molecule has 0 saturated heterocycles. The van der Waals surface area contributed by atoms with Crippen LogP contribution in [-0.2, 0) is 4.43 Å². The van der Waals surface area contributed by atoms with Gasteiger partial charge in [0.25, 0.3) is 0 Å². The summed E-state index contributed by atoms with van der Waals surface area (Å²) >= 11 is 0. The molecule has 0 radical (unpaired) electrons. The summed E-state index contributed by atoms with van der Waals surface area (Å²) in [5.41, 5.74) is 1.05. The summed E-state index contributed by atoms with van der Waals surface area (Å²) in [7, 11) is -1.89. The lowest BCUT2D eigenvalue weighted by molar-refractivity contribution is 0.0228. The summed E-state index contributed by atoms with van der Waals surface area (Å²) in [6, 6.07) is 0. The largest absolute Gasteiger partial charge is 0.415 e. The molecule has 0 unspecified atom stereocenters. The molecule has 0 aliphatic carbocycles. The highest BCUT2D eigenvalue weighted by Crippen LogP contribution is 2.43. The van der Waals surface area contributed by atoms with E-state index in [1.54, 1.807) is 0 Å². The zero-order chi connectivity index (χ0) is 14.6.